The second kappa shape index (κ2) is 8.92. The zero-order valence-electron chi connectivity index (χ0n) is 10.2. The highest BCUT2D eigenvalue weighted by molar-refractivity contribution is 7.99. The number of thioether (sulfide) groups is 1. The number of aliphatic carboxylic acids is 1. The summed E-state index contributed by atoms with van der Waals surface area (Å²) < 4.78 is 0. The molecule has 2 atom stereocenters. The molecule has 2 amide bonds. The van der Waals surface area contributed by atoms with E-state index in [0.717, 1.165) is 11.5 Å². The van der Waals surface area contributed by atoms with Crippen LogP contribution in [0.2, 0.25) is 0 Å². The van der Waals surface area contributed by atoms with Crippen LogP contribution in [0, 0.1) is 0 Å². The van der Waals surface area contributed by atoms with Crippen molar-refractivity contribution in [1.82, 2.24) is 10.6 Å². The topological polar surface area (TPSA) is 78.4 Å². The Morgan fingerprint density at radius 1 is 1.47 bits per heavy atom. The molecule has 6 heteroatoms. The maximum Gasteiger partial charge on any atom is 0.326 e. The van der Waals surface area contributed by atoms with Gasteiger partial charge in [0.15, 0.2) is 0 Å². The molecular weight excluding hydrogens is 240 g/mol. The molecular formula is C11H20N2O3S. The zero-order valence-corrected chi connectivity index (χ0v) is 11.0. The minimum atomic E-state index is -1.06. The maximum atomic E-state index is 11.5. The average molecular weight is 260 g/mol. The van der Waals surface area contributed by atoms with Crippen molar-refractivity contribution in [2.45, 2.75) is 32.4 Å². The molecule has 0 rings (SSSR count). The van der Waals surface area contributed by atoms with Gasteiger partial charge in [-0.25, -0.2) is 9.59 Å². The van der Waals surface area contributed by atoms with E-state index in [1.165, 1.54) is 6.08 Å². The minimum Gasteiger partial charge on any atom is -0.480 e. The van der Waals surface area contributed by atoms with Crippen molar-refractivity contribution in [1.29, 1.82) is 0 Å². The first-order valence-corrected chi connectivity index (χ1v) is 6.65. The number of carbonyl (C=O) groups excluding carboxylic acids is 1. The summed E-state index contributed by atoms with van der Waals surface area (Å²) in [6.45, 7) is 7.38. The van der Waals surface area contributed by atoms with E-state index in [9.17, 15) is 9.59 Å². The van der Waals surface area contributed by atoms with Gasteiger partial charge in [0.1, 0.15) is 6.04 Å². The summed E-state index contributed by atoms with van der Waals surface area (Å²) in [5.41, 5.74) is 0. The van der Waals surface area contributed by atoms with Gasteiger partial charge in [-0.15, -0.1) is 6.58 Å². The maximum absolute atomic E-state index is 11.5. The van der Waals surface area contributed by atoms with E-state index < -0.39 is 18.0 Å². The normalized spacial score (nSPS) is 13.5. The van der Waals surface area contributed by atoms with Gasteiger partial charge in [-0.3, -0.25) is 0 Å². The van der Waals surface area contributed by atoms with Crippen LogP contribution in [0.15, 0.2) is 12.7 Å². The van der Waals surface area contributed by atoms with E-state index >= 15 is 0 Å². The van der Waals surface area contributed by atoms with Gasteiger partial charge in [0, 0.05) is 11.8 Å². The molecule has 0 aliphatic rings. The molecule has 0 aromatic rings. The monoisotopic (exact) mass is 260 g/mol. The van der Waals surface area contributed by atoms with Crippen molar-refractivity contribution >= 4 is 23.8 Å². The van der Waals surface area contributed by atoms with E-state index in [0.29, 0.717) is 0 Å². The van der Waals surface area contributed by atoms with Gasteiger partial charge in [0.2, 0.25) is 0 Å². The van der Waals surface area contributed by atoms with Crippen molar-refractivity contribution in [3.8, 4) is 0 Å². The first-order valence-electron chi connectivity index (χ1n) is 5.49. The Morgan fingerprint density at radius 2 is 2.12 bits per heavy atom. The van der Waals surface area contributed by atoms with Gasteiger partial charge >= 0.3 is 12.0 Å². The Morgan fingerprint density at radius 3 is 2.59 bits per heavy atom. The lowest BCUT2D eigenvalue weighted by Gasteiger charge is -2.17. The molecule has 0 aromatic carbocycles. The molecule has 0 aliphatic carbocycles. The Labute approximate surface area is 106 Å². The largest absolute Gasteiger partial charge is 0.480 e. The van der Waals surface area contributed by atoms with Gasteiger partial charge in [-0.1, -0.05) is 13.0 Å². The smallest absolute Gasteiger partial charge is 0.326 e. The predicted molar refractivity (Wildman–Crippen MR) is 70.4 cm³/mol. The van der Waals surface area contributed by atoms with Crippen molar-refractivity contribution in [2.24, 2.45) is 0 Å². The standard InChI is InChI=1S/C11H20N2O3S/c1-4-6-9(10(14)15)13-11(16)12-8(3)7-17-5-2/h4,8-9H,1,5-7H2,2-3H3,(H,14,15)(H2,12,13,16). The van der Waals surface area contributed by atoms with Crippen molar-refractivity contribution in [2.75, 3.05) is 11.5 Å². The summed E-state index contributed by atoms with van der Waals surface area (Å²) in [6.07, 6.45) is 1.68. The molecule has 17 heavy (non-hydrogen) atoms. The fourth-order valence-electron chi connectivity index (χ4n) is 1.15. The number of rotatable bonds is 8. The van der Waals surface area contributed by atoms with Crippen LogP contribution in [0.5, 0.6) is 0 Å². The third-order valence-corrected chi connectivity index (χ3v) is 3.10. The number of carboxylic acid groups (broad SMARTS) is 1. The van der Waals surface area contributed by atoms with E-state index in [1.54, 1.807) is 11.8 Å². The quantitative estimate of drug-likeness (QED) is 0.577. The van der Waals surface area contributed by atoms with Crippen LogP contribution >= 0.6 is 11.8 Å². The summed E-state index contributed by atoms with van der Waals surface area (Å²) in [7, 11) is 0. The highest BCUT2D eigenvalue weighted by atomic mass is 32.2. The first-order chi connectivity index (χ1) is 8.01. The number of urea groups is 1. The van der Waals surface area contributed by atoms with Crippen LogP contribution in [0.25, 0.3) is 0 Å². The number of carbonyl (C=O) groups is 2. The van der Waals surface area contributed by atoms with Crippen LogP contribution in [-0.4, -0.2) is 40.7 Å². The van der Waals surface area contributed by atoms with Gasteiger partial charge in [-0.2, -0.15) is 11.8 Å². The molecule has 0 aliphatic heterocycles. The van der Waals surface area contributed by atoms with Gasteiger partial charge < -0.3 is 15.7 Å². The van der Waals surface area contributed by atoms with E-state index in [4.69, 9.17) is 5.11 Å². The van der Waals surface area contributed by atoms with Crippen LogP contribution in [0.1, 0.15) is 20.3 Å². The SMILES string of the molecule is C=CCC(NC(=O)NC(C)CSCC)C(=O)O. The number of amides is 2. The van der Waals surface area contributed by atoms with Gasteiger partial charge in [-0.05, 0) is 19.1 Å². The summed E-state index contributed by atoms with van der Waals surface area (Å²) in [5.74, 6) is 0.737. The van der Waals surface area contributed by atoms with Crippen LogP contribution in [0.4, 0.5) is 4.79 Å². The van der Waals surface area contributed by atoms with Crippen LogP contribution in [-0.2, 0) is 4.79 Å². The molecule has 98 valence electrons. The minimum absolute atomic E-state index is 0.0122. The van der Waals surface area contributed by atoms with E-state index in [1.807, 2.05) is 13.8 Å². The number of hydrogen-bond donors (Lipinski definition) is 3. The van der Waals surface area contributed by atoms with E-state index in [2.05, 4.69) is 17.2 Å². The molecule has 0 bridgehead atoms. The lowest BCUT2D eigenvalue weighted by Crippen LogP contribution is -2.48. The summed E-state index contributed by atoms with van der Waals surface area (Å²) in [6, 6.07) is -1.36. The van der Waals surface area contributed by atoms with Gasteiger partial charge in [0.05, 0.1) is 0 Å². The Kier molecular flexibility index (Phi) is 8.31. The highest BCUT2D eigenvalue weighted by Gasteiger charge is 2.18. The Balaban J connectivity index is 4.04. The molecule has 0 aromatic heterocycles. The molecule has 0 fully saturated rings. The fraction of sp³-hybridized carbons (Fsp3) is 0.636. The second-order valence-corrected chi connectivity index (χ2v) is 4.91. The molecule has 0 heterocycles. The highest BCUT2D eigenvalue weighted by Crippen LogP contribution is 2.01. The molecule has 5 nitrogen and oxygen atoms in total. The third-order valence-electron chi connectivity index (χ3n) is 1.96. The molecule has 0 saturated carbocycles. The predicted octanol–water partition coefficient (Wildman–Crippen LogP) is 1.46. The molecule has 0 spiro atoms. The third kappa shape index (κ3) is 7.68. The van der Waals surface area contributed by atoms with Crippen LogP contribution < -0.4 is 10.6 Å². The summed E-state index contributed by atoms with van der Waals surface area (Å²) in [4.78, 5) is 22.3. The lowest BCUT2D eigenvalue weighted by molar-refractivity contribution is -0.139. The number of nitrogens with one attached hydrogen (secondary N) is 2. The summed E-state index contributed by atoms with van der Waals surface area (Å²) in [5, 5.41) is 13.9. The Bertz CT molecular complexity index is 271. The molecule has 0 saturated heterocycles. The molecule has 2 unspecified atom stereocenters. The first kappa shape index (κ1) is 15.8. The number of hydrogen-bond acceptors (Lipinski definition) is 3. The second-order valence-electron chi connectivity index (χ2n) is 3.59. The summed E-state index contributed by atoms with van der Waals surface area (Å²) >= 11 is 1.72. The molecule has 3 N–H and O–H groups in total. The lowest BCUT2D eigenvalue weighted by atomic mass is 10.2. The average Bonchev–Trinajstić information content (AvgIpc) is 2.25. The van der Waals surface area contributed by atoms with Crippen molar-refractivity contribution < 1.29 is 14.7 Å². The molecule has 0 radical (unpaired) electrons. The van der Waals surface area contributed by atoms with Crippen LogP contribution in [0.3, 0.4) is 0 Å². The zero-order chi connectivity index (χ0) is 13.3. The Hall–Kier alpha value is -1.17. The van der Waals surface area contributed by atoms with Crippen molar-refractivity contribution in [3.63, 3.8) is 0 Å². The number of carboxylic acids is 1. The van der Waals surface area contributed by atoms with E-state index in [-0.39, 0.29) is 12.5 Å². The van der Waals surface area contributed by atoms with Crippen molar-refractivity contribution in [3.05, 3.63) is 12.7 Å². The fourth-order valence-corrected chi connectivity index (χ4v) is 1.82. The van der Waals surface area contributed by atoms with Gasteiger partial charge in [0.25, 0.3) is 0 Å².